The molecule has 1 rings (SSSR count). The SMILES string of the molecule is CCCCC(CC)CNC1CCN(C(C)=O)CC1. The summed E-state index contributed by atoms with van der Waals surface area (Å²) in [5, 5.41) is 3.70. The number of rotatable bonds is 7. The Bertz CT molecular complexity index is 235. The third-order valence-electron chi connectivity index (χ3n) is 4.18. The monoisotopic (exact) mass is 254 g/mol. The van der Waals surface area contributed by atoms with Crippen molar-refractivity contribution in [2.24, 2.45) is 5.92 Å². The smallest absolute Gasteiger partial charge is 0.219 e. The van der Waals surface area contributed by atoms with Crippen molar-refractivity contribution in [2.45, 2.75) is 65.3 Å². The van der Waals surface area contributed by atoms with Crippen LogP contribution in [0, 0.1) is 5.92 Å². The summed E-state index contributed by atoms with van der Waals surface area (Å²) in [6.45, 7) is 9.24. The zero-order valence-corrected chi connectivity index (χ0v) is 12.4. The molecule has 18 heavy (non-hydrogen) atoms. The largest absolute Gasteiger partial charge is 0.343 e. The molecule has 0 aliphatic carbocycles. The molecular weight excluding hydrogens is 224 g/mol. The Labute approximate surface area is 112 Å². The quantitative estimate of drug-likeness (QED) is 0.757. The van der Waals surface area contributed by atoms with Crippen molar-refractivity contribution >= 4 is 5.91 Å². The van der Waals surface area contributed by atoms with E-state index < -0.39 is 0 Å². The van der Waals surface area contributed by atoms with Gasteiger partial charge in [0.05, 0.1) is 0 Å². The molecule has 106 valence electrons. The molecule has 1 aliphatic rings. The van der Waals surface area contributed by atoms with Crippen LogP contribution >= 0.6 is 0 Å². The van der Waals surface area contributed by atoms with Gasteiger partial charge in [-0.3, -0.25) is 4.79 Å². The highest BCUT2D eigenvalue weighted by molar-refractivity contribution is 5.73. The highest BCUT2D eigenvalue weighted by Crippen LogP contribution is 2.14. The van der Waals surface area contributed by atoms with Gasteiger partial charge in [0.2, 0.25) is 5.91 Å². The Morgan fingerprint density at radius 2 is 2.00 bits per heavy atom. The molecule has 1 aliphatic heterocycles. The number of hydrogen-bond acceptors (Lipinski definition) is 2. The van der Waals surface area contributed by atoms with Gasteiger partial charge < -0.3 is 10.2 Å². The summed E-state index contributed by atoms with van der Waals surface area (Å²) in [6.07, 6.45) is 7.51. The van der Waals surface area contributed by atoms with Gasteiger partial charge in [-0.05, 0) is 31.7 Å². The molecule has 1 N–H and O–H groups in total. The van der Waals surface area contributed by atoms with Gasteiger partial charge in [-0.25, -0.2) is 0 Å². The highest BCUT2D eigenvalue weighted by atomic mass is 16.2. The van der Waals surface area contributed by atoms with Gasteiger partial charge in [-0.15, -0.1) is 0 Å². The lowest BCUT2D eigenvalue weighted by Gasteiger charge is -2.32. The zero-order chi connectivity index (χ0) is 13.4. The Morgan fingerprint density at radius 1 is 1.33 bits per heavy atom. The number of piperidine rings is 1. The Balaban J connectivity index is 2.18. The molecule has 3 nitrogen and oxygen atoms in total. The first-order valence-electron chi connectivity index (χ1n) is 7.66. The molecule has 0 spiro atoms. The van der Waals surface area contributed by atoms with Gasteiger partial charge in [0.25, 0.3) is 0 Å². The fourth-order valence-corrected chi connectivity index (χ4v) is 2.68. The van der Waals surface area contributed by atoms with Crippen molar-refractivity contribution in [2.75, 3.05) is 19.6 Å². The molecule has 0 bridgehead atoms. The second-order valence-corrected chi connectivity index (χ2v) is 5.61. The summed E-state index contributed by atoms with van der Waals surface area (Å²) in [4.78, 5) is 13.2. The Kier molecular flexibility index (Phi) is 7.33. The fourth-order valence-electron chi connectivity index (χ4n) is 2.68. The summed E-state index contributed by atoms with van der Waals surface area (Å²) >= 11 is 0. The summed E-state index contributed by atoms with van der Waals surface area (Å²) in [5.74, 6) is 1.05. The first-order valence-corrected chi connectivity index (χ1v) is 7.66. The lowest BCUT2D eigenvalue weighted by molar-refractivity contribution is -0.129. The topological polar surface area (TPSA) is 32.3 Å². The molecule has 1 heterocycles. The van der Waals surface area contributed by atoms with Crippen molar-refractivity contribution in [3.63, 3.8) is 0 Å². The van der Waals surface area contributed by atoms with Crippen molar-refractivity contribution < 1.29 is 4.79 Å². The number of unbranched alkanes of at least 4 members (excludes halogenated alkanes) is 1. The van der Waals surface area contributed by atoms with E-state index in [-0.39, 0.29) is 5.91 Å². The molecule has 1 fully saturated rings. The van der Waals surface area contributed by atoms with Crippen LogP contribution in [-0.4, -0.2) is 36.5 Å². The van der Waals surface area contributed by atoms with Crippen LogP contribution in [0.5, 0.6) is 0 Å². The summed E-state index contributed by atoms with van der Waals surface area (Å²) in [7, 11) is 0. The molecule has 0 aromatic rings. The van der Waals surface area contributed by atoms with Crippen molar-refractivity contribution in [3.05, 3.63) is 0 Å². The summed E-state index contributed by atoms with van der Waals surface area (Å²) in [5.41, 5.74) is 0. The number of hydrogen-bond donors (Lipinski definition) is 1. The van der Waals surface area contributed by atoms with E-state index in [4.69, 9.17) is 0 Å². The number of likely N-dealkylation sites (tertiary alicyclic amines) is 1. The maximum Gasteiger partial charge on any atom is 0.219 e. The van der Waals surface area contributed by atoms with Gasteiger partial charge in [-0.2, -0.15) is 0 Å². The van der Waals surface area contributed by atoms with Gasteiger partial charge in [0.1, 0.15) is 0 Å². The number of nitrogens with one attached hydrogen (secondary N) is 1. The molecule has 1 amide bonds. The zero-order valence-electron chi connectivity index (χ0n) is 12.4. The number of amides is 1. The van der Waals surface area contributed by atoms with Gasteiger partial charge in [0, 0.05) is 26.1 Å². The molecule has 3 heteroatoms. The maximum atomic E-state index is 11.2. The number of carbonyl (C=O) groups excluding carboxylic acids is 1. The van der Waals surface area contributed by atoms with Crippen LogP contribution in [0.1, 0.15) is 59.3 Å². The second-order valence-electron chi connectivity index (χ2n) is 5.61. The van der Waals surface area contributed by atoms with Crippen LogP contribution < -0.4 is 5.32 Å². The van der Waals surface area contributed by atoms with Gasteiger partial charge >= 0.3 is 0 Å². The third kappa shape index (κ3) is 5.38. The predicted octanol–water partition coefficient (Wildman–Crippen LogP) is 2.80. The second kappa shape index (κ2) is 8.52. The Morgan fingerprint density at radius 3 is 2.50 bits per heavy atom. The molecular formula is C15H30N2O. The normalized spacial score (nSPS) is 18.9. The van der Waals surface area contributed by atoms with Crippen molar-refractivity contribution in [1.82, 2.24) is 10.2 Å². The van der Waals surface area contributed by atoms with Crippen LogP contribution in [0.25, 0.3) is 0 Å². The van der Waals surface area contributed by atoms with Crippen LogP contribution in [-0.2, 0) is 4.79 Å². The van der Waals surface area contributed by atoms with Crippen LogP contribution in [0.2, 0.25) is 0 Å². The van der Waals surface area contributed by atoms with E-state index >= 15 is 0 Å². The number of nitrogens with zero attached hydrogens (tertiary/aromatic N) is 1. The molecule has 0 aromatic heterocycles. The standard InChI is InChI=1S/C15H30N2O/c1-4-6-7-14(5-2)12-16-15-8-10-17(11-9-15)13(3)18/h14-16H,4-12H2,1-3H3. The lowest BCUT2D eigenvalue weighted by atomic mass is 9.98. The van der Waals surface area contributed by atoms with Crippen LogP contribution in [0.15, 0.2) is 0 Å². The average Bonchev–Trinajstić information content (AvgIpc) is 2.39. The minimum absolute atomic E-state index is 0.225. The first-order chi connectivity index (χ1) is 8.67. The highest BCUT2D eigenvalue weighted by Gasteiger charge is 2.20. The molecule has 1 unspecified atom stereocenters. The van der Waals surface area contributed by atoms with Crippen LogP contribution in [0.4, 0.5) is 0 Å². The van der Waals surface area contributed by atoms with E-state index in [1.807, 2.05) is 4.90 Å². The van der Waals surface area contributed by atoms with Crippen molar-refractivity contribution in [1.29, 1.82) is 0 Å². The van der Waals surface area contributed by atoms with E-state index in [0.717, 1.165) is 38.4 Å². The predicted molar refractivity (Wildman–Crippen MR) is 76.6 cm³/mol. The van der Waals surface area contributed by atoms with E-state index in [0.29, 0.717) is 6.04 Å². The maximum absolute atomic E-state index is 11.2. The van der Waals surface area contributed by atoms with Crippen molar-refractivity contribution in [3.8, 4) is 0 Å². The van der Waals surface area contributed by atoms with Crippen LogP contribution in [0.3, 0.4) is 0 Å². The molecule has 1 atom stereocenters. The molecule has 1 saturated heterocycles. The van der Waals surface area contributed by atoms with E-state index in [2.05, 4.69) is 19.2 Å². The lowest BCUT2D eigenvalue weighted by Crippen LogP contribution is -2.45. The summed E-state index contributed by atoms with van der Waals surface area (Å²) < 4.78 is 0. The molecule has 0 radical (unpaired) electrons. The average molecular weight is 254 g/mol. The van der Waals surface area contributed by atoms with E-state index in [9.17, 15) is 4.79 Å². The van der Waals surface area contributed by atoms with Gasteiger partial charge in [0.15, 0.2) is 0 Å². The van der Waals surface area contributed by atoms with Gasteiger partial charge in [-0.1, -0.05) is 33.1 Å². The van der Waals surface area contributed by atoms with E-state index in [1.54, 1.807) is 6.92 Å². The Hall–Kier alpha value is -0.570. The fraction of sp³-hybridized carbons (Fsp3) is 0.933. The summed E-state index contributed by atoms with van der Waals surface area (Å²) in [6, 6.07) is 0.622. The minimum Gasteiger partial charge on any atom is -0.343 e. The van der Waals surface area contributed by atoms with E-state index in [1.165, 1.54) is 25.7 Å². The molecule has 0 aromatic carbocycles. The minimum atomic E-state index is 0.225. The molecule has 0 saturated carbocycles. The number of carbonyl (C=O) groups is 1. The first kappa shape index (κ1) is 15.5. The third-order valence-corrected chi connectivity index (χ3v) is 4.18.